The second-order valence-corrected chi connectivity index (χ2v) is 2.00. The second kappa shape index (κ2) is 3.07. The first-order chi connectivity index (χ1) is 5.26. The Labute approximate surface area is 64.8 Å². The Hall–Kier alpha value is -1.49. The van der Waals surface area contributed by atoms with Gasteiger partial charge in [0.05, 0.1) is 7.11 Å². The van der Waals surface area contributed by atoms with Crippen LogP contribution < -0.4 is 4.74 Å². The average Bonchev–Trinajstić information content (AvgIpc) is 2.03. The Bertz CT molecular complexity index is 299. The highest BCUT2D eigenvalue weighted by atomic mass is 19.1. The Balaban J connectivity index is 3.15. The van der Waals surface area contributed by atoms with Crippen molar-refractivity contribution >= 4 is 0 Å². The van der Waals surface area contributed by atoms with Crippen molar-refractivity contribution in [1.82, 2.24) is 0 Å². The summed E-state index contributed by atoms with van der Waals surface area (Å²) in [5, 5.41) is 0. The van der Waals surface area contributed by atoms with Crippen LogP contribution in [0, 0.1) is 18.2 Å². The van der Waals surface area contributed by atoms with Crippen molar-refractivity contribution in [2.75, 3.05) is 7.11 Å². The molecule has 1 nitrogen and oxygen atoms in total. The van der Waals surface area contributed by atoms with Crippen molar-refractivity contribution in [2.24, 2.45) is 0 Å². The van der Waals surface area contributed by atoms with Gasteiger partial charge in [-0.1, -0.05) is 5.92 Å². The van der Waals surface area contributed by atoms with Gasteiger partial charge in [0, 0.05) is 11.6 Å². The van der Waals surface area contributed by atoms with Gasteiger partial charge in [0.1, 0.15) is 11.6 Å². The SMILES string of the molecule is [C]#Cc1cc(F)cc(OC)c1. The molecule has 0 bridgehead atoms. The predicted molar refractivity (Wildman–Crippen MR) is 39.2 cm³/mol. The maximum Gasteiger partial charge on any atom is 0.128 e. The maximum atomic E-state index is 12.6. The summed E-state index contributed by atoms with van der Waals surface area (Å²) in [4.78, 5) is 0. The average molecular weight is 149 g/mol. The van der Waals surface area contributed by atoms with Crippen LogP contribution in [0.5, 0.6) is 5.75 Å². The Morgan fingerprint density at radius 3 is 2.73 bits per heavy atom. The molecule has 1 aromatic rings. The van der Waals surface area contributed by atoms with Gasteiger partial charge in [0.2, 0.25) is 0 Å². The lowest BCUT2D eigenvalue weighted by molar-refractivity contribution is 0.411. The first-order valence-corrected chi connectivity index (χ1v) is 3.03. The lowest BCUT2D eigenvalue weighted by atomic mass is 10.2. The summed E-state index contributed by atoms with van der Waals surface area (Å²) in [5.41, 5.74) is 0.377. The summed E-state index contributed by atoms with van der Waals surface area (Å²) < 4.78 is 17.4. The van der Waals surface area contributed by atoms with Crippen LogP contribution in [0.1, 0.15) is 5.56 Å². The highest BCUT2D eigenvalue weighted by Gasteiger charge is 1.97. The highest BCUT2D eigenvalue weighted by Crippen LogP contribution is 2.14. The third kappa shape index (κ3) is 1.71. The molecule has 0 aliphatic rings. The van der Waals surface area contributed by atoms with E-state index in [1.165, 1.54) is 25.3 Å². The van der Waals surface area contributed by atoms with Crippen molar-refractivity contribution < 1.29 is 9.13 Å². The van der Waals surface area contributed by atoms with E-state index < -0.39 is 5.82 Å². The van der Waals surface area contributed by atoms with E-state index in [9.17, 15) is 4.39 Å². The van der Waals surface area contributed by atoms with Gasteiger partial charge in [-0.25, -0.2) is 4.39 Å². The van der Waals surface area contributed by atoms with Gasteiger partial charge in [-0.2, -0.15) is 0 Å². The molecule has 1 aromatic carbocycles. The Morgan fingerprint density at radius 2 is 2.18 bits per heavy atom. The summed E-state index contributed by atoms with van der Waals surface area (Å²) in [7, 11) is 1.45. The molecule has 0 unspecified atom stereocenters. The van der Waals surface area contributed by atoms with Gasteiger partial charge in [-0.3, -0.25) is 0 Å². The molecule has 0 amide bonds. The molecule has 1 radical (unpaired) electrons. The van der Waals surface area contributed by atoms with E-state index in [1.54, 1.807) is 0 Å². The minimum atomic E-state index is -0.417. The second-order valence-electron chi connectivity index (χ2n) is 2.00. The van der Waals surface area contributed by atoms with Crippen LogP contribution in [0.4, 0.5) is 4.39 Å². The van der Waals surface area contributed by atoms with Crippen LogP contribution in [-0.4, -0.2) is 7.11 Å². The third-order valence-corrected chi connectivity index (χ3v) is 1.25. The first-order valence-electron chi connectivity index (χ1n) is 3.03. The van der Waals surface area contributed by atoms with E-state index in [4.69, 9.17) is 11.2 Å². The van der Waals surface area contributed by atoms with Gasteiger partial charge in [-0.15, -0.1) is 0 Å². The molecule has 0 aliphatic heterocycles. The molecule has 11 heavy (non-hydrogen) atoms. The zero-order valence-electron chi connectivity index (χ0n) is 6.02. The largest absolute Gasteiger partial charge is 0.497 e. The monoisotopic (exact) mass is 149 g/mol. The van der Waals surface area contributed by atoms with Crippen LogP contribution in [-0.2, 0) is 0 Å². The van der Waals surface area contributed by atoms with E-state index in [0.29, 0.717) is 11.3 Å². The molecule has 0 heterocycles. The van der Waals surface area contributed by atoms with Gasteiger partial charge in [0.15, 0.2) is 0 Å². The van der Waals surface area contributed by atoms with E-state index >= 15 is 0 Å². The molecule has 0 atom stereocenters. The van der Waals surface area contributed by atoms with Gasteiger partial charge < -0.3 is 4.74 Å². The standard InChI is InChI=1S/C9H6FO/c1-3-7-4-8(10)6-9(5-7)11-2/h4-6H,2H3. The Morgan fingerprint density at radius 1 is 1.45 bits per heavy atom. The molecule has 0 fully saturated rings. The van der Waals surface area contributed by atoms with Crippen LogP contribution in [0.2, 0.25) is 0 Å². The van der Waals surface area contributed by atoms with Crippen LogP contribution in [0.25, 0.3) is 0 Å². The minimum absolute atomic E-state index is 0.377. The number of benzene rings is 1. The Kier molecular flexibility index (Phi) is 2.12. The van der Waals surface area contributed by atoms with E-state index in [2.05, 4.69) is 5.92 Å². The van der Waals surface area contributed by atoms with Gasteiger partial charge >= 0.3 is 0 Å². The zero-order chi connectivity index (χ0) is 8.27. The summed E-state index contributed by atoms with van der Waals surface area (Å²) >= 11 is 0. The summed E-state index contributed by atoms with van der Waals surface area (Å²) in [6, 6.07) is 4.01. The summed E-state index contributed by atoms with van der Waals surface area (Å²) in [5.74, 6) is 2.06. The molecule has 2 heteroatoms. The highest BCUT2D eigenvalue weighted by molar-refractivity contribution is 5.37. The van der Waals surface area contributed by atoms with Crippen molar-refractivity contribution in [3.8, 4) is 11.7 Å². The fourth-order valence-corrected chi connectivity index (χ4v) is 0.753. The smallest absolute Gasteiger partial charge is 0.128 e. The van der Waals surface area contributed by atoms with Gasteiger partial charge in [-0.05, 0) is 18.6 Å². The fourth-order valence-electron chi connectivity index (χ4n) is 0.753. The molecule has 0 saturated carbocycles. The van der Waals surface area contributed by atoms with Crippen LogP contribution >= 0.6 is 0 Å². The van der Waals surface area contributed by atoms with E-state index in [1.807, 2.05) is 0 Å². The lowest BCUT2D eigenvalue weighted by Gasteiger charge is -1.99. The van der Waals surface area contributed by atoms with Crippen LogP contribution in [0.15, 0.2) is 18.2 Å². The van der Waals surface area contributed by atoms with Crippen molar-refractivity contribution in [2.45, 2.75) is 0 Å². The molecule has 0 aliphatic carbocycles. The van der Waals surface area contributed by atoms with Crippen molar-refractivity contribution in [1.29, 1.82) is 0 Å². The number of halogens is 1. The minimum Gasteiger partial charge on any atom is -0.497 e. The molecular formula is C9H6FO. The zero-order valence-corrected chi connectivity index (χ0v) is 6.02. The molecule has 55 valence electrons. The van der Waals surface area contributed by atoms with E-state index in [-0.39, 0.29) is 0 Å². The number of rotatable bonds is 1. The molecule has 0 aromatic heterocycles. The number of ether oxygens (including phenoxy) is 1. The third-order valence-electron chi connectivity index (χ3n) is 1.25. The van der Waals surface area contributed by atoms with Crippen molar-refractivity contribution in [3.63, 3.8) is 0 Å². The normalized spacial score (nSPS) is 8.82. The lowest BCUT2D eigenvalue weighted by Crippen LogP contribution is -1.85. The summed E-state index contributed by atoms with van der Waals surface area (Å²) in [6.07, 6.45) is 6.74. The van der Waals surface area contributed by atoms with Crippen LogP contribution in [0.3, 0.4) is 0 Å². The number of hydrogen-bond donors (Lipinski definition) is 0. The number of methoxy groups -OCH3 is 1. The quantitative estimate of drug-likeness (QED) is 0.553. The molecule has 1 rings (SSSR count). The molecule has 0 N–H and O–H groups in total. The molecule has 0 saturated heterocycles. The molecular weight excluding hydrogens is 143 g/mol. The van der Waals surface area contributed by atoms with E-state index in [0.717, 1.165) is 0 Å². The number of hydrogen-bond acceptors (Lipinski definition) is 1. The first kappa shape index (κ1) is 7.62. The summed E-state index contributed by atoms with van der Waals surface area (Å²) in [6.45, 7) is 0. The maximum absolute atomic E-state index is 12.6. The predicted octanol–water partition coefficient (Wildman–Crippen LogP) is 1.77. The van der Waals surface area contributed by atoms with Crippen molar-refractivity contribution in [3.05, 3.63) is 36.0 Å². The fraction of sp³-hybridized carbons (Fsp3) is 0.111. The molecule has 0 spiro atoms. The topological polar surface area (TPSA) is 9.23 Å². The van der Waals surface area contributed by atoms with Gasteiger partial charge in [0.25, 0.3) is 0 Å².